The molecule has 13 heavy (non-hydrogen) atoms. The van der Waals surface area contributed by atoms with E-state index in [0.29, 0.717) is 12.8 Å². The first-order chi connectivity index (χ1) is 6.15. The Balaban J connectivity index is 2.51. The largest absolute Gasteiger partial charge is 0.481 e. The van der Waals surface area contributed by atoms with Gasteiger partial charge in [0.05, 0.1) is 18.9 Å². The van der Waals surface area contributed by atoms with Gasteiger partial charge in [0, 0.05) is 0 Å². The second kappa shape index (κ2) is 4.25. The van der Waals surface area contributed by atoms with E-state index < -0.39 is 5.97 Å². The van der Waals surface area contributed by atoms with Gasteiger partial charge in [-0.1, -0.05) is 6.42 Å². The van der Waals surface area contributed by atoms with Gasteiger partial charge in [-0.3, -0.25) is 9.59 Å². The molecule has 0 aromatic rings. The number of carbonyl (C=O) groups is 2. The average Bonchev–Trinajstić information content (AvgIpc) is 2.17. The molecule has 1 aliphatic carbocycles. The second-order valence-electron chi connectivity index (χ2n) is 3.42. The van der Waals surface area contributed by atoms with Gasteiger partial charge < -0.3 is 9.84 Å². The molecule has 0 unspecified atom stereocenters. The van der Waals surface area contributed by atoms with Gasteiger partial charge >= 0.3 is 11.9 Å². The van der Waals surface area contributed by atoms with Crippen molar-refractivity contribution in [1.82, 2.24) is 0 Å². The van der Waals surface area contributed by atoms with Crippen LogP contribution in [0.3, 0.4) is 0 Å². The molecule has 0 amide bonds. The highest BCUT2D eigenvalue weighted by Gasteiger charge is 2.31. The van der Waals surface area contributed by atoms with Crippen molar-refractivity contribution >= 4 is 11.9 Å². The third-order valence-electron chi connectivity index (χ3n) is 2.56. The molecule has 2 atom stereocenters. The van der Waals surface area contributed by atoms with Crippen molar-refractivity contribution < 1.29 is 19.4 Å². The number of hydrogen-bond acceptors (Lipinski definition) is 3. The molecule has 1 rings (SSSR count). The third kappa shape index (κ3) is 2.44. The number of ether oxygens (including phenoxy) is 1. The highest BCUT2D eigenvalue weighted by molar-refractivity contribution is 5.75. The van der Waals surface area contributed by atoms with Gasteiger partial charge in [-0.25, -0.2) is 0 Å². The van der Waals surface area contributed by atoms with Crippen LogP contribution in [0, 0.1) is 11.8 Å². The molecule has 74 valence electrons. The van der Waals surface area contributed by atoms with Gasteiger partial charge in [0.25, 0.3) is 0 Å². The SMILES string of the molecule is COC(=O)[C@H]1CCC[C@@H](C(=O)O)C1. The van der Waals surface area contributed by atoms with E-state index in [-0.39, 0.29) is 17.8 Å². The lowest BCUT2D eigenvalue weighted by atomic mass is 9.81. The van der Waals surface area contributed by atoms with Crippen LogP contribution < -0.4 is 0 Å². The summed E-state index contributed by atoms with van der Waals surface area (Å²) in [6, 6.07) is 0. The summed E-state index contributed by atoms with van der Waals surface area (Å²) in [4.78, 5) is 21.8. The number of esters is 1. The normalized spacial score (nSPS) is 28.1. The third-order valence-corrected chi connectivity index (χ3v) is 2.56. The van der Waals surface area contributed by atoms with Crippen LogP contribution >= 0.6 is 0 Å². The predicted octanol–water partition coefficient (Wildman–Crippen LogP) is 1.05. The van der Waals surface area contributed by atoms with Crippen molar-refractivity contribution in [3.63, 3.8) is 0 Å². The molecule has 0 radical (unpaired) electrons. The van der Waals surface area contributed by atoms with Crippen LogP contribution in [0.2, 0.25) is 0 Å². The van der Waals surface area contributed by atoms with Crippen molar-refractivity contribution in [3.8, 4) is 0 Å². The van der Waals surface area contributed by atoms with Crippen LogP contribution in [-0.4, -0.2) is 24.2 Å². The predicted molar refractivity (Wildman–Crippen MR) is 45.1 cm³/mol. The van der Waals surface area contributed by atoms with Crippen molar-refractivity contribution in [2.45, 2.75) is 25.7 Å². The number of aliphatic carboxylic acids is 1. The average molecular weight is 186 g/mol. The Kier molecular flexibility index (Phi) is 3.28. The van der Waals surface area contributed by atoms with Crippen LogP contribution in [0.25, 0.3) is 0 Å². The summed E-state index contributed by atoms with van der Waals surface area (Å²) in [5.74, 6) is -1.64. The number of carboxylic acid groups (broad SMARTS) is 1. The summed E-state index contributed by atoms with van der Waals surface area (Å²) < 4.78 is 4.59. The fourth-order valence-electron chi connectivity index (χ4n) is 1.79. The highest BCUT2D eigenvalue weighted by Crippen LogP contribution is 2.29. The van der Waals surface area contributed by atoms with Gasteiger partial charge in [-0.2, -0.15) is 0 Å². The molecule has 0 aliphatic heterocycles. The smallest absolute Gasteiger partial charge is 0.308 e. The van der Waals surface area contributed by atoms with E-state index in [2.05, 4.69) is 4.74 Å². The molecule has 0 spiro atoms. The fourth-order valence-corrected chi connectivity index (χ4v) is 1.79. The van der Waals surface area contributed by atoms with Crippen molar-refractivity contribution in [2.24, 2.45) is 11.8 Å². The summed E-state index contributed by atoms with van der Waals surface area (Å²) in [5, 5.41) is 8.76. The molecule has 4 heteroatoms. The number of methoxy groups -OCH3 is 1. The van der Waals surface area contributed by atoms with Crippen LogP contribution in [0.5, 0.6) is 0 Å². The Morgan fingerprint density at radius 2 is 1.92 bits per heavy atom. The number of carbonyl (C=O) groups excluding carboxylic acids is 1. The van der Waals surface area contributed by atoms with E-state index in [1.54, 1.807) is 0 Å². The Labute approximate surface area is 76.9 Å². The summed E-state index contributed by atoms with van der Waals surface area (Å²) in [7, 11) is 1.34. The van der Waals surface area contributed by atoms with E-state index in [1.165, 1.54) is 7.11 Å². The molecule has 1 aliphatic rings. The van der Waals surface area contributed by atoms with E-state index in [1.807, 2.05) is 0 Å². The lowest BCUT2D eigenvalue weighted by molar-refractivity contribution is -0.150. The zero-order chi connectivity index (χ0) is 9.84. The monoisotopic (exact) mass is 186 g/mol. The van der Waals surface area contributed by atoms with Crippen molar-refractivity contribution in [3.05, 3.63) is 0 Å². The highest BCUT2D eigenvalue weighted by atomic mass is 16.5. The molecular weight excluding hydrogens is 172 g/mol. The first-order valence-corrected chi connectivity index (χ1v) is 4.45. The maximum atomic E-state index is 11.1. The first kappa shape index (κ1) is 10.0. The molecule has 0 aromatic heterocycles. The molecule has 4 nitrogen and oxygen atoms in total. The molecule has 0 aromatic carbocycles. The first-order valence-electron chi connectivity index (χ1n) is 4.45. The van der Waals surface area contributed by atoms with E-state index in [4.69, 9.17) is 5.11 Å². The van der Waals surface area contributed by atoms with E-state index in [0.717, 1.165) is 12.8 Å². The van der Waals surface area contributed by atoms with E-state index in [9.17, 15) is 9.59 Å². The van der Waals surface area contributed by atoms with Gasteiger partial charge in [-0.05, 0) is 19.3 Å². The standard InChI is InChI=1S/C9H14O4/c1-13-9(12)7-4-2-3-6(5-7)8(10)11/h6-7H,2-5H2,1H3,(H,10,11)/t6-,7+/m1/s1. The topological polar surface area (TPSA) is 63.6 Å². The van der Waals surface area contributed by atoms with Gasteiger partial charge in [0.1, 0.15) is 0 Å². The quantitative estimate of drug-likeness (QED) is 0.655. The summed E-state index contributed by atoms with van der Waals surface area (Å²) >= 11 is 0. The maximum Gasteiger partial charge on any atom is 0.308 e. The van der Waals surface area contributed by atoms with Gasteiger partial charge in [0.15, 0.2) is 0 Å². The molecule has 1 fully saturated rings. The molecule has 0 bridgehead atoms. The number of hydrogen-bond donors (Lipinski definition) is 1. The minimum Gasteiger partial charge on any atom is -0.481 e. The van der Waals surface area contributed by atoms with Crippen LogP contribution in [0.4, 0.5) is 0 Å². The Hall–Kier alpha value is -1.06. The summed E-state index contributed by atoms with van der Waals surface area (Å²) in [6.07, 6.45) is 2.68. The molecule has 1 N–H and O–H groups in total. The minimum absolute atomic E-state index is 0.208. The zero-order valence-corrected chi connectivity index (χ0v) is 7.66. The molecule has 1 saturated carbocycles. The molecule has 0 saturated heterocycles. The molecular formula is C9H14O4. The Morgan fingerprint density at radius 1 is 1.31 bits per heavy atom. The number of carboxylic acids is 1. The van der Waals surface area contributed by atoms with Crippen LogP contribution in [0.1, 0.15) is 25.7 Å². The maximum absolute atomic E-state index is 11.1. The second-order valence-corrected chi connectivity index (χ2v) is 3.42. The molecule has 0 heterocycles. The lowest BCUT2D eigenvalue weighted by Crippen LogP contribution is -2.27. The van der Waals surface area contributed by atoms with Crippen molar-refractivity contribution in [2.75, 3.05) is 7.11 Å². The minimum atomic E-state index is -0.798. The van der Waals surface area contributed by atoms with Crippen molar-refractivity contribution in [1.29, 1.82) is 0 Å². The van der Waals surface area contributed by atoms with Crippen LogP contribution in [-0.2, 0) is 14.3 Å². The number of rotatable bonds is 2. The van der Waals surface area contributed by atoms with Gasteiger partial charge in [-0.15, -0.1) is 0 Å². The van der Waals surface area contributed by atoms with Gasteiger partial charge in [0.2, 0.25) is 0 Å². The zero-order valence-electron chi connectivity index (χ0n) is 7.66. The fraction of sp³-hybridized carbons (Fsp3) is 0.778. The Morgan fingerprint density at radius 3 is 2.46 bits per heavy atom. The summed E-state index contributed by atoms with van der Waals surface area (Å²) in [5.41, 5.74) is 0. The Bertz CT molecular complexity index is 212. The lowest BCUT2D eigenvalue weighted by Gasteiger charge is -2.24. The van der Waals surface area contributed by atoms with E-state index >= 15 is 0 Å². The van der Waals surface area contributed by atoms with Crippen LogP contribution in [0.15, 0.2) is 0 Å². The summed E-state index contributed by atoms with van der Waals surface area (Å²) in [6.45, 7) is 0.